The maximum Gasteiger partial charge on any atom is 0.161 e. The van der Waals surface area contributed by atoms with E-state index in [2.05, 4.69) is 59.7 Å². The zero-order chi connectivity index (χ0) is 21.2. The topological polar surface area (TPSA) is 55.3 Å². The first-order valence-electron chi connectivity index (χ1n) is 10.3. The van der Waals surface area contributed by atoms with Crippen molar-refractivity contribution in [2.75, 3.05) is 11.1 Å². The molecule has 0 radical (unpaired) electrons. The number of aryl methyl sites for hydroxylation is 1. The molecule has 0 saturated carbocycles. The number of aromatic nitrogens is 2. The second-order valence-electron chi connectivity index (χ2n) is 6.58. The maximum atomic E-state index is 5.86. The van der Waals surface area contributed by atoms with E-state index in [0.29, 0.717) is 0 Å². The molecule has 0 aliphatic heterocycles. The van der Waals surface area contributed by atoms with Gasteiger partial charge < -0.3 is 11.1 Å². The first-order chi connectivity index (χ1) is 14.1. The summed E-state index contributed by atoms with van der Waals surface area (Å²) in [6.07, 6.45) is 5.19. The lowest BCUT2D eigenvalue weighted by molar-refractivity contribution is 1.09. The minimum absolute atomic E-state index is 0. The van der Waals surface area contributed by atoms with Crippen LogP contribution >= 0.6 is 0 Å². The minimum Gasteiger partial charge on any atom is -0.399 e. The predicted octanol–water partition coefficient (Wildman–Crippen LogP) is 7.71. The Hall–Kier alpha value is -3.27. The Labute approximate surface area is 181 Å². The van der Waals surface area contributed by atoms with Gasteiger partial charge in [-0.25, -0.2) is 4.98 Å². The zero-order valence-corrected chi connectivity index (χ0v) is 18.1. The van der Waals surface area contributed by atoms with Crippen molar-refractivity contribution in [1.82, 2.24) is 9.38 Å². The molecule has 0 spiro atoms. The molecule has 4 nitrogen and oxygen atoms in total. The molecular weight excluding hydrogens is 368 g/mol. The summed E-state index contributed by atoms with van der Waals surface area (Å²) in [6.45, 7) is 10.3. The summed E-state index contributed by atoms with van der Waals surface area (Å²) < 4.78 is 2.10. The second kappa shape index (κ2) is 12.3. The summed E-state index contributed by atoms with van der Waals surface area (Å²) in [4.78, 5) is 4.61. The number of nitrogens with zero attached hydrogens (tertiary/aromatic N) is 2. The SMILES string of the molecule is C.CC.CCC.Cc1ccc(-c2cnc3c(Nc4cccc(N)c4)cccn23)cc1. The van der Waals surface area contributed by atoms with Crippen molar-refractivity contribution in [1.29, 1.82) is 0 Å². The summed E-state index contributed by atoms with van der Waals surface area (Å²) in [6, 6.07) is 20.2. The Kier molecular flexibility index (Phi) is 10.2. The van der Waals surface area contributed by atoms with E-state index in [9.17, 15) is 0 Å². The minimum atomic E-state index is 0. The molecule has 30 heavy (non-hydrogen) atoms. The van der Waals surface area contributed by atoms with Crippen LogP contribution in [0.5, 0.6) is 0 Å². The number of pyridine rings is 1. The normalized spacial score (nSPS) is 9.50. The number of nitrogens with two attached hydrogens (primary N) is 1. The van der Waals surface area contributed by atoms with Gasteiger partial charge in [0, 0.05) is 23.1 Å². The summed E-state index contributed by atoms with van der Waals surface area (Å²) >= 11 is 0. The van der Waals surface area contributed by atoms with Gasteiger partial charge >= 0.3 is 0 Å². The van der Waals surface area contributed by atoms with Gasteiger partial charge in [-0.1, -0.05) is 77.4 Å². The van der Waals surface area contributed by atoms with E-state index < -0.39 is 0 Å². The average Bonchev–Trinajstić information content (AvgIpc) is 3.16. The van der Waals surface area contributed by atoms with Gasteiger partial charge in [-0.2, -0.15) is 0 Å². The number of nitrogens with one attached hydrogen (secondary N) is 1. The molecular formula is C26H36N4. The molecule has 4 heteroatoms. The van der Waals surface area contributed by atoms with Gasteiger partial charge in [-0.05, 0) is 37.3 Å². The average molecular weight is 405 g/mol. The van der Waals surface area contributed by atoms with E-state index in [0.717, 1.165) is 34.0 Å². The van der Waals surface area contributed by atoms with E-state index in [-0.39, 0.29) is 7.43 Å². The quantitative estimate of drug-likeness (QED) is 0.344. The van der Waals surface area contributed by atoms with Gasteiger partial charge in [0.25, 0.3) is 0 Å². The molecule has 160 valence electrons. The lowest BCUT2D eigenvalue weighted by atomic mass is 10.1. The number of fused-ring (bicyclic) bond motifs is 1. The summed E-state index contributed by atoms with van der Waals surface area (Å²) in [5, 5.41) is 3.40. The molecule has 0 atom stereocenters. The van der Waals surface area contributed by atoms with Crippen molar-refractivity contribution in [2.24, 2.45) is 0 Å². The maximum absolute atomic E-state index is 5.86. The van der Waals surface area contributed by atoms with Crippen LogP contribution in [0, 0.1) is 6.92 Å². The molecule has 0 unspecified atom stereocenters. The fraction of sp³-hybridized carbons (Fsp3) is 0.269. The van der Waals surface area contributed by atoms with Crippen LogP contribution in [-0.2, 0) is 0 Å². The summed E-state index contributed by atoms with van der Waals surface area (Å²) in [5.41, 5.74) is 12.8. The Morgan fingerprint density at radius 3 is 2.27 bits per heavy atom. The van der Waals surface area contributed by atoms with Crippen LogP contribution in [0.3, 0.4) is 0 Å². The van der Waals surface area contributed by atoms with Crippen LogP contribution in [0.2, 0.25) is 0 Å². The van der Waals surface area contributed by atoms with Crippen LogP contribution in [0.1, 0.15) is 47.1 Å². The van der Waals surface area contributed by atoms with E-state index in [1.165, 1.54) is 12.0 Å². The molecule has 0 amide bonds. The first-order valence-corrected chi connectivity index (χ1v) is 10.3. The molecule has 4 rings (SSSR count). The molecule has 0 saturated heterocycles. The van der Waals surface area contributed by atoms with Crippen molar-refractivity contribution in [2.45, 2.75) is 48.5 Å². The third kappa shape index (κ3) is 6.11. The van der Waals surface area contributed by atoms with Crippen LogP contribution in [0.15, 0.2) is 73.1 Å². The summed E-state index contributed by atoms with van der Waals surface area (Å²) in [5.74, 6) is 0. The van der Waals surface area contributed by atoms with E-state index in [1.54, 1.807) is 0 Å². The van der Waals surface area contributed by atoms with E-state index >= 15 is 0 Å². The summed E-state index contributed by atoms with van der Waals surface area (Å²) in [7, 11) is 0. The number of nitrogen functional groups attached to an aromatic ring is 1. The highest BCUT2D eigenvalue weighted by Crippen LogP contribution is 2.27. The monoisotopic (exact) mass is 404 g/mol. The van der Waals surface area contributed by atoms with Gasteiger partial charge in [0.2, 0.25) is 0 Å². The predicted molar refractivity (Wildman–Crippen MR) is 134 cm³/mol. The molecule has 2 aromatic carbocycles. The van der Waals surface area contributed by atoms with Gasteiger partial charge in [0.05, 0.1) is 17.6 Å². The number of hydrogen-bond acceptors (Lipinski definition) is 3. The van der Waals surface area contributed by atoms with Crippen LogP contribution < -0.4 is 11.1 Å². The highest BCUT2D eigenvalue weighted by Gasteiger charge is 2.09. The van der Waals surface area contributed by atoms with E-state index in [1.807, 2.05) is 62.6 Å². The number of benzene rings is 2. The van der Waals surface area contributed by atoms with Crippen LogP contribution in [0.4, 0.5) is 17.1 Å². The molecule has 0 aliphatic carbocycles. The largest absolute Gasteiger partial charge is 0.399 e. The molecule has 4 aromatic rings. The number of anilines is 3. The zero-order valence-electron chi connectivity index (χ0n) is 18.1. The van der Waals surface area contributed by atoms with Crippen molar-refractivity contribution < 1.29 is 0 Å². The van der Waals surface area contributed by atoms with Crippen molar-refractivity contribution in [3.8, 4) is 11.3 Å². The number of imidazole rings is 1. The van der Waals surface area contributed by atoms with Gasteiger partial charge in [0.1, 0.15) is 0 Å². The first kappa shape index (κ1) is 24.8. The fourth-order valence-corrected chi connectivity index (χ4v) is 2.82. The van der Waals surface area contributed by atoms with Crippen molar-refractivity contribution in [3.63, 3.8) is 0 Å². The highest BCUT2D eigenvalue weighted by molar-refractivity contribution is 5.77. The highest BCUT2D eigenvalue weighted by atomic mass is 15.0. The Bertz CT molecular complexity index is 1020. The Morgan fingerprint density at radius 2 is 1.63 bits per heavy atom. The number of hydrogen-bond donors (Lipinski definition) is 2. The van der Waals surface area contributed by atoms with Gasteiger partial charge in [0.15, 0.2) is 5.65 Å². The van der Waals surface area contributed by atoms with Gasteiger partial charge in [-0.3, -0.25) is 4.40 Å². The second-order valence-corrected chi connectivity index (χ2v) is 6.58. The molecule has 2 heterocycles. The third-order valence-electron chi connectivity index (χ3n) is 4.05. The third-order valence-corrected chi connectivity index (χ3v) is 4.05. The van der Waals surface area contributed by atoms with Crippen LogP contribution in [-0.4, -0.2) is 9.38 Å². The Morgan fingerprint density at radius 1 is 0.967 bits per heavy atom. The van der Waals surface area contributed by atoms with Crippen molar-refractivity contribution in [3.05, 3.63) is 78.6 Å². The lowest BCUT2D eigenvalue weighted by Crippen LogP contribution is -1.96. The molecule has 2 aromatic heterocycles. The number of rotatable bonds is 3. The smallest absolute Gasteiger partial charge is 0.161 e. The van der Waals surface area contributed by atoms with E-state index in [4.69, 9.17) is 5.73 Å². The fourth-order valence-electron chi connectivity index (χ4n) is 2.82. The van der Waals surface area contributed by atoms with Crippen molar-refractivity contribution >= 4 is 22.7 Å². The molecule has 0 bridgehead atoms. The Balaban J connectivity index is 0.000000691. The molecule has 0 aliphatic rings. The van der Waals surface area contributed by atoms with Gasteiger partial charge in [-0.15, -0.1) is 0 Å². The standard InChI is InChI=1S/C20H18N4.C3H8.C2H6.CH4/c1-14-7-9-15(10-8-14)19-13-22-20-18(6-3-11-24(19)20)23-17-5-2-4-16(21)12-17;1-3-2;1-2;/h2-13,23H,21H2,1H3;3H2,1-2H3;1-2H3;1H4. The lowest BCUT2D eigenvalue weighted by Gasteiger charge is -2.09. The van der Waals surface area contributed by atoms with Crippen LogP contribution in [0.25, 0.3) is 16.9 Å². The molecule has 3 N–H and O–H groups in total. The molecule has 0 fully saturated rings.